The predicted molar refractivity (Wildman–Crippen MR) is 32.5 cm³/mol. The molecule has 0 aliphatic heterocycles. The van der Waals surface area contributed by atoms with E-state index in [9.17, 15) is 0 Å². The number of aryl methyl sites for hydroxylation is 1. The van der Waals surface area contributed by atoms with Gasteiger partial charge in [0, 0.05) is 6.20 Å². The lowest BCUT2D eigenvalue weighted by atomic mass is 10.2. The standard InChI is InChI=1S/C7H5N2/c1-6-3-2-4-9-7(6)5-8/h2,4H,1H3. The van der Waals surface area contributed by atoms with E-state index in [2.05, 4.69) is 11.1 Å². The van der Waals surface area contributed by atoms with E-state index in [0.29, 0.717) is 5.69 Å². The molecule has 1 radical (unpaired) electrons. The third kappa shape index (κ3) is 1.06. The molecule has 0 amide bonds. The van der Waals surface area contributed by atoms with Gasteiger partial charge in [0.2, 0.25) is 0 Å². The van der Waals surface area contributed by atoms with Gasteiger partial charge in [-0.15, -0.1) is 0 Å². The van der Waals surface area contributed by atoms with Gasteiger partial charge in [-0.05, 0) is 24.6 Å². The minimum absolute atomic E-state index is 0.456. The Bertz CT molecular complexity index is 247. The fourth-order valence-corrected chi connectivity index (χ4v) is 0.552. The lowest BCUT2D eigenvalue weighted by Crippen LogP contribution is -1.84. The van der Waals surface area contributed by atoms with Crippen molar-refractivity contribution in [2.75, 3.05) is 0 Å². The zero-order valence-corrected chi connectivity index (χ0v) is 5.05. The molecular formula is C7H5N2. The van der Waals surface area contributed by atoms with Crippen LogP contribution in [0.3, 0.4) is 0 Å². The molecule has 0 bridgehead atoms. The molecule has 2 heteroatoms. The molecule has 43 valence electrons. The maximum atomic E-state index is 8.39. The molecule has 0 N–H and O–H groups in total. The molecule has 1 rings (SSSR count). The normalized spacial score (nSPS) is 8.44. The fourth-order valence-electron chi connectivity index (χ4n) is 0.552. The molecule has 2 nitrogen and oxygen atoms in total. The Hall–Kier alpha value is -1.36. The summed E-state index contributed by atoms with van der Waals surface area (Å²) in [6.45, 7) is 1.81. The Morgan fingerprint density at radius 3 is 3.00 bits per heavy atom. The van der Waals surface area contributed by atoms with Crippen LogP contribution in [-0.4, -0.2) is 4.98 Å². The first-order valence-electron chi connectivity index (χ1n) is 2.58. The van der Waals surface area contributed by atoms with Gasteiger partial charge < -0.3 is 0 Å². The Morgan fingerprint density at radius 2 is 2.56 bits per heavy atom. The summed E-state index contributed by atoms with van der Waals surface area (Å²) < 4.78 is 0. The van der Waals surface area contributed by atoms with Crippen LogP contribution in [0.15, 0.2) is 12.3 Å². The number of nitrogens with zero attached hydrogens (tertiary/aromatic N) is 2. The van der Waals surface area contributed by atoms with Gasteiger partial charge >= 0.3 is 0 Å². The third-order valence-electron chi connectivity index (χ3n) is 1.04. The van der Waals surface area contributed by atoms with Gasteiger partial charge in [-0.1, -0.05) is 0 Å². The number of nitriles is 1. The monoisotopic (exact) mass is 117 g/mol. The van der Waals surface area contributed by atoms with E-state index in [1.807, 2.05) is 13.0 Å². The molecule has 0 spiro atoms. The van der Waals surface area contributed by atoms with Crippen LogP contribution < -0.4 is 0 Å². The number of hydrogen-bond donors (Lipinski definition) is 0. The van der Waals surface area contributed by atoms with Crippen molar-refractivity contribution >= 4 is 0 Å². The Labute approximate surface area is 53.8 Å². The first-order valence-corrected chi connectivity index (χ1v) is 2.58. The average molecular weight is 117 g/mol. The zero-order valence-electron chi connectivity index (χ0n) is 5.05. The molecule has 0 unspecified atom stereocenters. The second-order valence-corrected chi connectivity index (χ2v) is 1.67. The first-order chi connectivity index (χ1) is 4.34. The summed E-state index contributed by atoms with van der Waals surface area (Å²) in [5, 5.41) is 8.39. The van der Waals surface area contributed by atoms with Crippen molar-refractivity contribution in [3.63, 3.8) is 0 Å². The van der Waals surface area contributed by atoms with Gasteiger partial charge in [0.25, 0.3) is 0 Å². The fraction of sp³-hybridized carbons (Fsp3) is 0.143. The summed E-state index contributed by atoms with van der Waals surface area (Å²) in [4.78, 5) is 3.80. The molecule has 1 aromatic rings. The summed E-state index contributed by atoms with van der Waals surface area (Å²) in [7, 11) is 0. The highest BCUT2D eigenvalue weighted by Crippen LogP contribution is 1.98. The van der Waals surface area contributed by atoms with Crippen LogP contribution in [0.5, 0.6) is 0 Å². The van der Waals surface area contributed by atoms with Crippen LogP contribution in [0.2, 0.25) is 0 Å². The highest BCUT2D eigenvalue weighted by molar-refractivity contribution is 5.27. The molecule has 0 aliphatic rings. The van der Waals surface area contributed by atoms with E-state index in [4.69, 9.17) is 5.26 Å². The molecule has 0 atom stereocenters. The highest BCUT2D eigenvalue weighted by atomic mass is 14.7. The Morgan fingerprint density at radius 1 is 1.78 bits per heavy atom. The van der Waals surface area contributed by atoms with Crippen molar-refractivity contribution in [3.05, 3.63) is 29.6 Å². The highest BCUT2D eigenvalue weighted by Gasteiger charge is 1.92. The van der Waals surface area contributed by atoms with E-state index in [0.717, 1.165) is 5.56 Å². The number of aromatic nitrogens is 1. The smallest absolute Gasteiger partial charge is 0.143 e. The lowest BCUT2D eigenvalue weighted by Gasteiger charge is -1.89. The van der Waals surface area contributed by atoms with Gasteiger partial charge in [-0.25, -0.2) is 4.98 Å². The molecule has 0 aromatic carbocycles. The van der Waals surface area contributed by atoms with Crippen molar-refractivity contribution in [1.29, 1.82) is 5.26 Å². The van der Waals surface area contributed by atoms with E-state index in [-0.39, 0.29) is 0 Å². The quantitative estimate of drug-likeness (QED) is 0.509. The molecule has 0 aliphatic carbocycles. The van der Waals surface area contributed by atoms with Crippen molar-refractivity contribution in [3.8, 4) is 6.07 Å². The van der Waals surface area contributed by atoms with Crippen LogP contribution in [0, 0.1) is 24.3 Å². The average Bonchev–Trinajstić information content (AvgIpc) is 1.89. The van der Waals surface area contributed by atoms with Crippen LogP contribution in [0.1, 0.15) is 11.3 Å². The second-order valence-electron chi connectivity index (χ2n) is 1.67. The molecule has 1 heterocycles. The minimum Gasteiger partial charge on any atom is -0.245 e. The minimum atomic E-state index is 0.456. The van der Waals surface area contributed by atoms with E-state index >= 15 is 0 Å². The van der Waals surface area contributed by atoms with E-state index in [1.54, 1.807) is 12.3 Å². The summed E-state index contributed by atoms with van der Waals surface area (Å²) in [5.74, 6) is 0. The Kier molecular flexibility index (Phi) is 1.46. The van der Waals surface area contributed by atoms with Gasteiger partial charge in [-0.2, -0.15) is 5.26 Å². The van der Waals surface area contributed by atoms with Crippen molar-refractivity contribution in [1.82, 2.24) is 4.98 Å². The zero-order chi connectivity index (χ0) is 6.69. The molecular weight excluding hydrogens is 112 g/mol. The first kappa shape index (κ1) is 5.77. The topological polar surface area (TPSA) is 36.7 Å². The summed E-state index contributed by atoms with van der Waals surface area (Å²) in [6, 6.07) is 6.51. The van der Waals surface area contributed by atoms with Gasteiger partial charge in [0.15, 0.2) is 0 Å². The van der Waals surface area contributed by atoms with E-state index < -0.39 is 0 Å². The van der Waals surface area contributed by atoms with Gasteiger partial charge in [0.1, 0.15) is 11.8 Å². The van der Waals surface area contributed by atoms with Crippen LogP contribution in [0.25, 0.3) is 0 Å². The maximum absolute atomic E-state index is 8.39. The third-order valence-corrected chi connectivity index (χ3v) is 1.04. The SMILES string of the molecule is Cc1[c]ccnc1C#N. The molecule has 0 saturated heterocycles. The van der Waals surface area contributed by atoms with Crippen LogP contribution >= 0.6 is 0 Å². The molecule has 1 aromatic heterocycles. The summed E-state index contributed by atoms with van der Waals surface area (Å²) in [5.41, 5.74) is 1.26. The second kappa shape index (κ2) is 2.27. The lowest BCUT2D eigenvalue weighted by molar-refractivity contribution is 1.21. The summed E-state index contributed by atoms with van der Waals surface area (Å²) in [6.07, 6.45) is 1.56. The Balaban J connectivity index is 3.20. The number of pyridine rings is 1. The largest absolute Gasteiger partial charge is 0.245 e. The predicted octanol–water partition coefficient (Wildman–Crippen LogP) is 1.06. The van der Waals surface area contributed by atoms with Crippen molar-refractivity contribution in [2.45, 2.75) is 6.92 Å². The van der Waals surface area contributed by atoms with Crippen LogP contribution in [0.4, 0.5) is 0 Å². The van der Waals surface area contributed by atoms with Crippen LogP contribution in [-0.2, 0) is 0 Å². The molecule has 0 fully saturated rings. The van der Waals surface area contributed by atoms with Crippen molar-refractivity contribution < 1.29 is 0 Å². The molecule has 9 heavy (non-hydrogen) atoms. The summed E-state index contributed by atoms with van der Waals surface area (Å²) >= 11 is 0. The molecule has 0 saturated carbocycles. The maximum Gasteiger partial charge on any atom is 0.143 e. The van der Waals surface area contributed by atoms with Gasteiger partial charge in [-0.3, -0.25) is 0 Å². The van der Waals surface area contributed by atoms with E-state index in [1.165, 1.54) is 0 Å². The number of hydrogen-bond acceptors (Lipinski definition) is 2. The van der Waals surface area contributed by atoms with Crippen molar-refractivity contribution in [2.24, 2.45) is 0 Å². The van der Waals surface area contributed by atoms with Gasteiger partial charge in [0.05, 0.1) is 0 Å². The number of rotatable bonds is 0.